The highest BCUT2D eigenvalue weighted by Gasteiger charge is 2.12. The SMILES string of the molecule is CC(C)NCc1c(F)cccc1N(C)CCc1cccs1. The van der Waals surface area contributed by atoms with Gasteiger partial charge in [-0.2, -0.15) is 0 Å². The van der Waals surface area contributed by atoms with Gasteiger partial charge < -0.3 is 10.2 Å². The predicted molar refractivity (Wildman–Crippen MR) is 89.7 cm³/mol. The van der Waals surface area contributed by atoms with Crippen molar-refractivity contribution in [3.63, 3.8) is 0 Å². The zero-order chi connectivity index (χ0) is 15.2. The van der Waals surface area contributed by atoms with Gasteiger partial charge >= 0.3 is 0 Å². The Hall–Kier alpha value is -1.39. The normalized spacial score (nSPS) is 11.1. The molecule has 0 saturated carbocycles. The lowest BCUT2D eigenvalue weighted by molar-refractivity contribution is 0.552. The molecule has 0 saturated heterocycles. The second-order valence-electron chi connectivity index (χ2n) is 5.52. The van der Waals surface area contributed by atoms with E-state index in [9.17, 15) is 4.39 Å². The van der Waals surface area contributed by atoms with Crippen LogP contribution in [0.5, 0.6) is 0 Å². The molecule has 114 valence electrons. The third-order valence-electron chi connectivity index (χ3n) is 3.47. The molecule has 1 heterocycles. The van der Waals surface area contributed by atoms with Crippen molar-refractivity contribution in [2.24, 2.45) is 0 Å². The molecule has 0 radical (unpaired) electrons. The van der Waals surface area contributed by atoms with Crippen LogP contribution in [0.4, 0.5) is 10.1 Å². The van der Waals surface area contributed by atoms with Crippen molar-refractivity contribution in [1.82, 2.24) is 5.32 Å². The Morgan fingerprint density at radius 2 is 2.05 bits per heavy atom. The zero-order valence-corrected chi connectivity index (χ0v) is 13.7. The summed E-state index contributed by atoms with van der Waals surface area (Å²) in [5, 5.41) is 5.40. The fourth-order valence-electron chi connectivity index (χ4n) is 2.24. The molecule has 0 aliphatic heterocycles. The molecule has 21 heavy (non-hydrogen) atoms. The number of hydrogen-bond donors (Lipinski definition) is 1. The first-order valence-electron chi connectivity index (χ1n) is 7.32. The van der Waals surface area contributed by atoms with Crippen LogP contribution >= 0.6 is 11.3 Å². The summed E-state index contributed by atoms with van der Waals surface area (Å²) in [7, 11) is 2.03. The highest BCUT2D eigenvalue weighted by Crippen LogP contribution is 2.23. The van der Waals surface area contributed by atoms with E-state index in [0.29, 0.717) is 12.6 Å². The average molecular weight is 306 g/mol. The maximum atomic E-state index is 14.1. The standard InChI is InChI=1S/C17H23FN2S/c1-13(2)19-12-15-16(18)7-4-8-17(15)20(3)10-9-14-6-5-11-21-14/h4-8,11,13,19H,9-10,12H2,1-3H3. The topological polar surface area (TPSA) is 15.3 Å². The quantitative estimate of drug-likeness (QED) is 0.829. The highest BCUT2D eigenvalue weighted by molar-refractivity contribution is 7.09. The van der Waals surface area contributed by atoms with E-state index in [1.54, 1.807) is 17.4 Å². The number of halogens is 1. The monoisotopic (exact) mass is 306 g/mol. The second kappa shape index (κ2) is 7.57. The molecule has 1 aromatic heterocycles. The number of nitrogens with one attached hydrogen (secondary N) is 1. The molecule has 4 heteroatoms. The number of likely N-dealkylation sites (N-methyl/N-ethyl adjacent to an activating group) is 1. The largest absolute Gasteiger partial charge is 0.374 e. The second-order valence-corrected chi connectivity index (χ2v) is 6.56. The molecule has 2 aromatic rings. The van der Waals surface area contributed by atoms with Gasteiger partial charge in [0.1, 0.15) is 5.82 Å². The van der Waals surface area contributed by atoms with Gasteiger partial charge in [0.05, 0.1) is 0 Å². The Morgan fingerprint density at radius 1 is 1.24 bits per heavy atom. The summed E-state index contributed by atoms with van der Waals surface area (Å²) >= 11 is 1.77. The van der Waals surface area contributed by atoms with E-state index in [2.05, 4.69) is 41.6 Å². The zero-order valence-electron chi connectivity index (χ0n) is 12.9. The van der Waals surface area contributed by atoms with Crippen LogP contribution in [0.2, 0.25) is 0 Å². The summed E-state index contributed by atoms with van der Waals surface area (Å²) in [6, 6.07) is 9.87. The van der Waals surface area contributed by atoms with Crippen molar-refractivity contribution < 1.29 is 4.39 Å². The number of rotatable bonds is 7. The lowest BCUT2D eigenvalue weighted by atomic mass is 10.1. The third-order valence-corrected chi connectivity index (χ3v) is 4.40. The smallest absolute Gasteiger partial charge is 0.129 e. The molecule has 0 unspecified atom stereocenters. The van der Waals surface area contributed by atoms with Crippen LogP contribution in [0, 0.1) is 5.82 Å². The number of thiophene rings is 1. The Morgan fingerprint density at radius 3 is 2.71 bits per heavy atom. The highest BCUT2D eigenvalue weighted by atomic mass is 32.1. The Kier molecular flexibility index (Phi) is 5.76. The summed E-state index contributed by atoms with van der Waals surface area (Å²) in [6.07, 6.45) is 0.988. The van der Waals surface area contributed by atoms with Crippen LogP contribution < -0.4 is 10.2 Å². The summed E-state index contributed by atoms with van der Waals surface area (Å²) in [5.41, 5.74) is 1.72. The lowest BCUT2D eigenvalue weighted by Crippen LogP contribution is -2.26. The van der Waals surface area contributed by atoms with Gasteiger partial charge in [0.2, 0.25) is 0 Å². The maximum absolute atomic E-state index is 14.1. The van der Waals surface area contributed by atoms with Crippen molar-refractivity contribution in [3.8, 4) is 0 Å². The first kappa shape index (κ1) is 16.0. The summed E-state index contributed by atoms with van der Waals surface area (Å²) in [5.74, 6) is -0.136. The van der Waals surface area contributed by atoms with Crippen LogP contribution in [-0.4, -0.2) is 19.6 Å². The van der Waals surface area contributed by atoms with Crippen molar-refractivity contribution in [1.29, 1.82) is 0 Å². The van der Waals surface area contributed by atoms with Gasteiger partial charge in [0.15, 0.2) is 0 Å². The van der Waals surface area contributed by atoms with Crippen LogP contribution in [0.25, 0.3) is 0 Å². The van der Waals surface area contributed by atoms with Crippen LogP contribution in [0.3, 0.4) is 0 Å². The van der Waals surface area contributed by atoms with Crippen molar-refractivity contribution >= 4 is 17.0 Å². The molecule has 0 atom stereocenters. The molecule has 0 aliphatic carbocycles. The van der Waals surface area contributed by atoms with Gasteiger partial charge in [0, 0.05) is 42.3 Å². The molecule has 1 aromatic carbocycles. The number of hydrogen-bond acceptors (Lipinski definition) is 3. The van der Waals surface area contributed by atoms with Gasteiger partial charge in [-0.25, -0.2) is 4.39 Å². The van der Waals surface area contributed by atoms with E-state index in [0.717, 1.165) is 24.2 Å². The lowest BCUT2D eigenvalue weighted by Gasteiger charge is -2.23. The molecule has 0 fully saturated rings. The van der Waals surface area contributed by atoms with Crippen LogP contribution in [0.1, 0.15) is 24.3 Å². The minimum atomic E-state index is -0.136. The Labute approximate surface area is 130 Å². The molecule has 0 spiro atoms. The van der Waals surface area contributed by atoms with E-state index < -0.39 is 0 Å². The molecular formula is C17H23FN2S. The van der Waals surface area contributed by atoms with E-state index in [-0.39, 0.29) is 5.82 Å². The summed E-state index contributed by atoms with van der Waals surface area (Å²) in [6.45, 7) is 5.59. The minimum Gasteiger partial charge on any atom is -0.374 e. The van der Waals surface area contributed by atoms with Crippen molar-refractivity contribution in [2.45, 2.75) is 32.9 Å². The number of nitrogens with zero attached hydrogens (tertiary/aromatic N) is 1. The average Bonchev–Trinajstić information content (AvgIpc) is 2.96. The van der Waals surface area contributed by atoms with Gasteiger partial charge in [0.25, 0.3) is 0 Å². The van der Waals surface area contributed by atoms with Gasteiger partial charge in [-0.1, -0.05) is 26.0 Å². The molecule has 0 bridgehead atoms. The summed E-state index contributed by atoms with van der Waals surface area (Å²) < 4.78 is 14.1. The molecule has 0 amide bonds. The fourth-order valence-corrected chi connectivity index (χ4v) is 2.94. The minimum absolute atomic E-state index is 0.136. The van der Waals surface area contributed by atoms with E-state index in [4.69, 9.17) is 0 Å². The van der Waals surface area contributed by atoms with Gasteiger partial charge in [-0.05, 0) is 30.0 Å². The van der Waals surface area contributed by atoms with Crippen LogP contribution in [-0.2, 0) is 13.0 Å². The van der Waals surface area contributed by atoms with Gasteiger partial charge in [-0.3, -0.25) is 0 Å². The Balaban J connectivity index is 2.08. The van der Waals surface area contributed by atoms with Crippen molar-refractivity contribution in [2.75, 3.05) is 18.5 Å². The maximum Gasteiger partial charge on any atom is 0.129 e. The van der Waals surface area contributed by atoms with E-state index in [1.165, 1.54) is 10.9 Å². The molecular weight excluding hydrogens is 283 g/mol. The number of benzene rings is 1. The molecule has 1 N–H and O–H groups in total. The Bertz CT molecular complexity index is 552. The fraction of sp³-hybridized carbons (Fsp3) is 0.412. The molecule has 0 aliphatic rings. The summed E-state index contributed by atoms with van der Waals surface area (Å²) in [4.78, 5) is 3.50. The van der Waals surface area contributed by atoms with Gasteiger partial charge in [-0.15, -0.1) is 11.3 Å². The van der Waals surface area contributed by atoms with Crippen LogP contribution in [0.15, 0.2) is 35.7 Å². The molecule has 2 nitrogen and oxygen atoms in total. The number of anilines is 1. The van der Waals surface area contributed by atoms with E-state index in [1.807, 2.05) is 13.1 Å². The predicted octanol–water partition coefficient (Wildman–Crippen LogP) is 4.06. The first-order valence-corrected chi connectivity index (χ1v) is 8.20. The third kappa shape index (κ3) is 4.55. The van der Waals surface area contributed by atoms with Crippen molar-refractivity contribution in [3.05, 3.63) is 52.0 Å². The molecule has 2 rings (SSSR count). The van der Waals surface area contributed by atoms with E-state index >= 15 is 0 Å². The first-order chi connectivity index (χ1) is 10.1.